The highest BCUT2D eigenvalue weighted by molar-refractivity contribution is 6.05. The van der Waals surface area contributed by atoms with Crippen LogP contribution in [-0.4, -0.2) is 31.5 Å². The molecule has 2 aromatic carbocycles. The summed E-state index contributed by atoms with van der Waals surface area (Å²) in [6, 6.07) is 14.6. The Morgan fingerprint density at radius 3 is 2.31 bits per heavy atom. The first-order chi connectivity index (χ1) is 14.0. The summed E-state index contributed by atoms with van der Waals surface area (Å²) >= 11 is 0. The molecule has 7 nitrogen and oxygen atoms in total. The van der Waals surface area contributed by atoms with Crippen molar-refractivity contribution in [3.05, 3.63) is 77.8 Å². The van der Waals surface area contributed by atoms with Crippen molar-refractivity contribution < 1.29 is 32.7 Å². The molecule has 1 aromatic heterocycles. The summed E-state index contributed by atoms with van der Waals surface area (Å²) in [4.78, 5) is 35.9. The first-order valence-corrected chi connectivity index (χ1v) is 8.47. The fraction of sp³-hybridized carbons (Fsp3) is 0.0952. The van der Waals surface area contributed by atoms with Gasteiger partial charge in [0.15, 0.2) is 6.61 Å². The summed E-state index contributed by atoms with van der Waals surface area (Å²) in [5, 5.41) is 2.11. The molecule has 1 heterocycles. The number of methoxy groups -OCH3 is 1. The van der Waals surface area contributed by atoms with Crippen molar-refractivity contribution in [2.75, 3.05) is 13.7 Å². The van der Waals surface area contributed by atoms with Gasteiger partial charge in [0.1, 0.15) is 17.3 Å². The summed E-state index contributed by atoms with van der Waals surface area (Å²) in [6.45, 7) is -0.659. The van der Waals surface area contributed by atoms with Gasteiger partial charge in [-0.2, -0.15) is 0 Å². The van der Waals surface area contributed by atoms with Gasteiger partial charge in [-0.15, -0.1) is 0 Å². The number of halogens is 1. The lowest BCUT2D eigenvalue weighted by Gasteiger charge is -2.06. The topological polar surface area (TPSA) is 94.8 Å². The Balaban J connectivity index is 1.52. The number of imide groups is 1. The molecule has 0 saturated carbocycles. The fourth-order valence-electron chi connectivity index (χ4n) is 2.40. The number of furan rings is 1. The van der Waals surface area contributed by atoms with E-state index in [1.54, 1.807) is 12.1 Å². The quantitative estimate of drug-likeness (QED) is 0.642. The van der Waals surface area contributed by atoms with E-state index in [2.05, 4.69) is 5.32 Å². The molecule has 0 bridgehead atoms. The highest BCUT2D eigenvalue weighted by Crippen LogP contribution is 2.22. The third-order valence-corrected chi connectivity index (χ3v) is 3.88. The highest BCUT2D eigenvalue weighted by Gasteiger charge is 2.17. The molecule has 0 aliphatic heterocycles. The average molecular weight is 397 g/mol. The van der Waals surface area contributed by atoms with Gasteiger partial charge in [0.2, 0.25) is 5.76 Å². The molecule has 0 atom stereocenters. The van der Waals surface area contributed by atoms with Gasteiger partial charge in [0.25, 0.3) is 11.8 Å². The normalized spacial score (nSPS) is 10.3. The Labute approximate surface area is 165 Å². The van der Waals surface area contributed by atoms with Gasteiger partial charge in [0.05, 0.1) is 7.11 Å². The minimum Gasteiger partial charge on any atom is -0.497 e. The number of hydrogen-bond donors (Lipinski definition) is 1. The minimum absolute atomic E-state index is 0.126. The van der Waals surface area contributed by atoms with Gasteiger partial charge in [-0.1, -0.05) is 0 Å². The Kier molecular flexibility index (Phi) is 6.03. The maximum Gasteiger partial charge on any atom is 0.374 e. The molecule has 148 valence electrons. The average Bonchev–Trinajstić information content (AvgIpc) is 3.23. The molecule has 0 unspecified atom stereocenters. The molecule has 0 fully saturated rings. The van der Waals surface area contributed by atoms with Crippen molar-refractivity contribution in [1.82, 2.24) is 5.32 Å². The Bertz CT molecular complexity index is 1020. The van der Waals surface area contributed by atoms with Crippen LogP contribution in [0, 0.1) is 5.82 Å². The predicted octanol–water partition coefficient (Wildman–Crippen LogP) is 3.21. The molecule has 8 heteroatoms. The zero-order chi connectivity index (χ0) is 20.8. The number of benzene rings is 2. The van der Waals surface area contributed by atoms with Crippen molar-refractivity contribution in [3.63, 3.8) is 0 Å². The maximum absolute atomic E-state index is 13.0. The summed E-state index contributed by atoms with van der Waals surface area (Å²) in [6.07, 6.45) is 0. The monoisotopic (exact) mass is 397 g/mol. The van der Waals surface area contributed by atoms with E-state index in [1.165, 1.54) is 55.6 Å². The lowest BCUT2D eigenvalue weighted by Crippen LogP contribution is -2.34. The molecule has 0 aliphatic carbocycles. The molecular weight excluding hydrogens is 381 g/mol. The summed E-state index contributed by atoms with van der Waals surface area (Å²) in [7, 11) is 1.49. The number of carbonyl (C=O) groups is 3. The molecule has 0 saturated heterocycles. The third kappa shape index (κ3) is 5.07. The molecule has 0 aliphatic rings. The van der Waals surface area contributed by atoms with E-state index >= 15 is 0 Å². The maximum atomic E-state index is 13.0. The van der Waals surface area contributed by atoms with Crippen LogP contribution in [0.4, 0.5) is 4.39 Å². The standard InChI is InChI=1S/C21H16FNO6/c1-27-16-8-4-14(5-9-16)20(25)23-19(24)12-28-21(26)18-11-10-17(29-18)13-2-6-15(22)7-3-13/h2-11H,12H2,1H3,(H,23,24,25). The van der Waals surface area contributed by atoms with E-state index in [4.69, 9.17) is 13.9 Å². The van der Waals surface area contributed by atoms with Crippen LogP contribution in [0.1, 0.15) is 20.9 Å². The summed E-state index contributed by atoms with van der Waals surface area (Å²) < 4.78 is 28.2. The van der Waals surface area contributed by atoms with Crippen molar-refractivity contribution in [1.29, 1.82) is 0 Å². The molecule has 3 aromatic rings. The zero-order valence-corrected chi connectivity index (χ0v) is 15.3. The van der Waals surface area contributed by atoms with Crippen LogP contribution in [-0.2, 0) is 9.53 Å². The van der Waals surface area contributed by atoms with Gasteiger partial charge in [0, 0.05) is 11.1 Å². The lowest BCUT2D eigenvalue weighted by molar-refractivity contribution is -0.123. The SMILES string of the molecule is COc1ccc(C(=O)NC(=O)COC(=O)c2ccc(-c3ccc(F)cc3)o2)cc1. The number of carbonyl (C=O) groups excluding carboxylic acids is 3. The van der Waals surface area contributed by atoms with Crippen molar-refractivity contribution in [2.45, 2.75) is 0 Å². The minimum atomic E-state index is -0.870. The number of amides is 2. The Hall–Kier alpha value is -3.94. The van der Waals surface area contributed by atoms with Crippen LogP contribution < -0.4 is 10.1 Å². The van der Waals surface area contributed by atoms with Crippen molar-refractivity contribution >= 4 is 17.8 Å². The number of esters is 1. The number of ether oxygens (including phenoxy) is 2. The van der Waals surface area contributed by atoms with Gasteiger partial charge >= 0.3 is 5.97 Å². The number of rotatable bonds is 6. The van der Waals surface area contributed by atoms with Crippen LogP contribution in [0.2, 0.25) is 0 Å². The summed E-state index contributed by atoms with van der Waals surface area (Å²) in [5.74, 6) is -1.90. The smallest absolute Gasteiger partial charge is 0.374 e. The zero-order valence-electron chi connectivity index (χ0n) is 15.3. The van der Waals surface area contributed by atoms with E-state index < -0.39 is 30.2 Å². The van der Waals surface area contributed by atoms with Gasteiger partial charge in [-0.05, 0) is 60.7 Å². The van der Waals surface area contributed by atoms with Gasteiger partial charge in [-0.3, -0.25) is 14.9 Å². The van der Waals surface area contributed by atoms with Gasteiger partial charge in [-0.25, -0.2) is 9.18 Å². The predicted molar refractivity (Wildman–Crippen MR) is 99.9 cm³/mol. The fourth-order valence-corrected chi connectivity index (χ4v) is 2.40. The first kappa shape index (κ1) is 19.8. The van der Waals surface area contributed by atoms with E-state index in [9.17, 15) is 18.8 Å². The molecular formula is C21H16FNO6. The van der Waals surface area contributed by atoms with Crippen LogP contribution >= 0.6 is 0 Å². The van der Waals surface area contributed by atoms with Crippen LogP contribution in [0.15, 0.2) is 65.1 Å². The third-order valence-electron chi connectivity index (χ3n) is 3.88. The highest BCUT2D eigenvalue weighted by atomic mass is 19.1. The van der Waals surface area contributed by atoms with Crippen molar-refractivity contribution in [2.24, 2.45) is 0 Å². The van der Waals surface area contributed by atoms with Gasteiger partial charge < -0.3 is 13.9 Å². The number of hydrogen-bond acceptors (Lipinski definition) is 6. The molecule has 3 rings (SSSR count). The van der Waals surface area contributed by atoms with E-state index in [1.807, 2.05) is 0 Å². The molecule has 2 amide bonds. The van der Waals surface area contributed by atoms with Crippen molar-refractivity contribution in [3.8, 4) is 17.1 Å². The molecule has 0 radical (unpaired) electrons. The molecule has 1 N–H and O–H groups in total. The Morgan fingerprint density at radius 2 is 1.66 bits per heavy atom. The van der Waals surface area contributed by atoms with E-state index in [-0.39, 0.29) is 11.3 Å². The van der Waals surface area contributed by atoms with Crippen LogP contribution in [0.25, 0.3) is 11.3 Å². The summed E-state index contributed by atoms with van der Waals surface area (Å²) in [5.41, 5.74) is 0.828. The number of nitrogens with one attached hydrogen (secondary N) is 1. The second-order valence-corrected chi connectivity index (χ2v) is 5.85. The molecule has 0 spiro atoms. The Morgan fingerprint density at radius 1 is 0.966 bits per heavy atom. The second-order valence-electron chi connectivity index (χ2n) is 5.85. The largest absolute Gasteiger partial charge is 0.497 e. The van der Waals surface area contributed by atoms with Crippen LogP contribution in [0.3, 0.4) is 0 Å². The second kappa shape index (κ2) is 8.83. The van der Waals surface area contributed by atoms with E-state index in [0.29, 0.717) is 17.1 Å². The lowest BCUT2D eigenvalue weighted by atomic mass is 10.2. The molecule has 29 heavy (non-hydrogen) atoms. The first-order valence-electron chi connectivity index (χ1n) is 8.47. The van der Waals surface area contributed by atoms with E-state index in [0.717, 1.165) is 0 Å². The van der Waals surface area contributed by atoms with Crippen LogP contribution in [0.5, 0.6) is 5.75 Å².